The Bertz CT molecular complexity index is 402. The van der Waals surface area contributed by atoms with Gasteiger partial charge in [0.1, 0.15) is 0 Å². The minimum Gasteiger partial charge on any atom is -0.479 e. The number of carboxylic acid groups (broad SMARTS) is 1. The summed E-state index contributed by atoms with van der Waals surface area (Å²) in [5, 5.41) is 20.8. The van der Waals surface area contributed by atoms with Crippen molar-refractivity contribution >= 4 is 5.97 Å². The second-order valence-electron chi connectivity index (χ2n) is 4.91. The van der Waals surface area contributed by atoms with Crippen LogP contribution in [0.2, 0.25) is 0 Å². The molecule has 1 aromatic rings. The third-order valence-electron chi connectivity index (χ3n) is 3.52. The molecule has 0 saturated carbocycles. The predicted molar refractivity (Wildman–Crippen MR) is 62.6 cm³/mol. The summed E-state index contributed by atoms with van der Waals surface area (Å²) in [4.78, 5) is 11.4. The molecular formula is C11H20N4O2. The van der Waals surface area contributed by atoms with Crippen LogP contribution in [-0.4, -0.2) is 31.3 Å². The summed E-state index contributed by atoms with van der Waals surface area (Å²) in [5.74, 6) is 0.195. The van der Waals surface area contributed by atoms with Gasteiger partial charge in [-0.05, 0) is 29.7 Å². The fourth-order valence-electron chi connectivity index (χ4n) is 1.52. The summed E-state index contributed by atoms with van der Waals surface area (Å²) in [6.07, 6.45) is 0.436. The molecular weight excluding hydrogens is 220 g/mol. The van der Waals surface area contributed by atoms with Gasteiger partial charge in [0.25, 0.3) is 0 Å². The second-order valence-corrected chi connectivity index (χ2v) is 4.91. The van der Waals surface area contributed by atoms with Gasteiger partial charge in [0.15, 0.2) is 11.4 Å². The number of nitrogens with zero attached hydrogens (tertiary/aromatic N) is 4. The molecule has 96 valence electrons. The Hall–Kier alpha value is -1.46. The number of carbonyl (C=O) groups is 1. The maximum absolute atomic E-state index is 11.4. The predicted octanol–water partition coefficient (Wildman–Crippen LogP) is 1.64. The van der Waals surface area contributed by atoms with Crippen LogP contribution in [0, 0.1) is 5.92 Å². The van der Waals surface area contributed by atoms with E-state index in [4.69, 9.17) is 0 Å². The van der Waals surface area contributed by atoms with Gasteiger partial charge in [-0.2, -0.15) is 0 Å². The fraction of sp³-hybridized carbons (Fsp3) is 0.818. The third-order valence-corrected chi connectivity index (χ3v) is 3.52. The Balaban J connectivity index is 3.23. The highest BCUT2D eigenvalue weighted by molar-refractivity contribution is 5.76. The molecule has 1 rings (SSSR count). The first kappa shape index (κ1) is 13.6. The zero-order valence-electron chi connectivity index (χ0n) is 11.0. The highest BCUT2D eigenvalue weighted by Gasteiger charge is 2.38. The molecule has 0 fully saturated rings. The minimum atomic E-state index is -1.08. The van der Waals surface area contributed by atoms with Crippen molar-refractivity contribution in [2.75, 3.05) is 0 Å². The lowest BCUT2D eigenvalue weighted by Gasteiger charge is -2.26. The van der Waals surface area contributed by atoms with E-state index in [-0.39, 0.29) is 5.92 Å². The highest BCUT2D eigenvalue weighted by Crippen LogP contribution is 2.27. The number of rotatable bonds is 5. The average molecular weight is 240 g/mol. The first-order valence-electron chi connectivity index (χ1n) is 5.86. The summed E-state index contributed by atoms with van der Waals surface area (Å²) < 4.78 is 1.44. The zero-order chi connectivity index (χ0) is 13.2. The summed E-state index contributed by atoms with van der Waals surface area (Å²) in [5.41, 5.74) is -1.08. The summed E-state index contributed by atoms with van der Waals surface area (Å²) in [7, 11) is 0. The molecule has 17 heavy (non-hydrogen) atoms. The van der Waals surface area contributed by atoms with E-state index in [0.717, 1.165) is 0 Å². The van der Waals surface area contributed by atoms with Crippen LogP contribution in [0.25, 0.3) is 0 Å². The van der Waals surface area contributed by atoms with Crippen molar-refractivity contribution in [3.05, 3.63) is 5.82 Å². The monoisotopic (exact) mass is 240 g/mol. The molecule has 0 amide bonds. The molecule has 1 aromatic heterocycles. The van der Waals surface area contributed by atoms with Gasteiger partial charge < -0.3 is 5.11 Å². The van der Waals surface area contributed by atoms with Gasteiger partial charge in [-0.1, -0.05) is 27.7 Å². The Morgan fingerprint density at radius 1 is 1.47 bits per heavy atom. The van der Waals surface area contributed by atoms with Crippen LogP contribution in [0.5, 0.6) is 0 Å². The van der Waals surface area contributed by atoms with Gasteiger partial charge in [-0.15, -0.1) is 5.10 Å². The molecule has 1 N–H and O–H groups in total. The van der Waals surface area contributed by atoms with E-state index >= 15 is 0 Å². The average Bonchev–Trinajstić information content (AvgIpc) is 2.75. The van der Waals surface area contributed by atoms with Crippen molar-refractivity contribution in [1.29, 1.82) is 0 Å². The first-order chi connectivity index (χ1) is 7.84. The molecule has 6 nitrogen and oxygen atoms in total. The van der Waals surface area contributed by atoms with Crippen LogP contribution in [0.1, 0.15) is 52.8 Å². The molecule has 6 heteroatoms. The Labute approximate surface area is 101 Å². The topological polar surface area (TPSA) is 80.9 Å². The lowest BCUT2D eigenvalue weighted by atomic mass is 9.94. The summed E-state index contributed by atoms with van der Waals surface area (Å²) >= 11 is 0. The molecule has 0 bridgehead atoms. The Morgan fingerprint density at radius 2 is 2.06 bits per heavy atom. The van der Waals surface area contributed by atoms with Gasteiger partial charge in [-0.25, -0.2) is 9.48 Å². The SMILES string of the molecule is CCC(C)(C(=O)O)n1nnnc1C(C)C(C)C. The lowest BCUT2D eigenvalue weighted by molar-refractivity contribution is -0.147. The van der Waals surface area contributed by atoms with Crippen LogP contribution in [0.3, 0.4) is 0 Å². The van der Waals surface area contributed by atoms with E-state index in [2.05, 4.69) is 29.4 Å². The van der Waals surface area contributed by atoms with Gasteiger partial charge in [-0.3, -0.25) is 0 Å². The fourth-order valence-corrected chi connectivity index (χ4v) is 1.52. The number of hydrogen-bond donors (Lipinski definition) is 1. The number of aliphatic carboxylic acids is 1. The number of carboxylic acids is 1. The normalized spacial score (nSPS) is 16.8. The standard InChI is InChI=1S/C11H20N4O2/c1-6-11(5,10(16)17)15-9(12-13-14-15)8(4)7(2)3/h7-8H,6H2,1-5H3,(H,16,17). The van der Waals surface area contributed by atoms with Crippen LogP contribution in [0.4, 0.5) is 0 Å². The number of hydrogen-bond acceptors (Lipinski definition) is 4. The molecule has 2 atom stereocenters. The quantitative estimate of drug-likeness (QED) is 0.846. The summed E-state index contributed by atoms with van der Waals surface area (Å²) in [6.45, 7) is 9.59. The molecule has 0 aromatic carbocycles. The van der Waals surface area contributed by atoms with Crippen LogP contribution < -0.4 is 0 Å². The third kappa shape index (κ3) is 2.30. The van der Waals surface area contributed by atoms with Crippen molar-refractivity contribution < 1.29 is 9.90 Å². The van der Waals surface area contributed by atoms with Crippen molar-refractivity contribution in [3.8, 4) is 0 Å². The van der Waals surface area contributed by atoms with E-state index < -0.39 is 11.5 Å². The molecule has 0 aliphatic carbocycles. The van der Waals surface area contributed by atoms with Crippen LogP contribution in [0.15, 0.2) is 0 Å². The van der Waals surface area contributed by atoms with Gasteiger partial charge in [0.05, 0.1) is 0 Å². The number of tetrazole rings is 1. The minimum absolute atomic E-state index is 0.121. The molecule has 2 unspecified atom stereocenters. The Kier molecular flexibility index (Phi) is 3.85. The number of aromatic nitrogens is 4. The van der Waals surface area contributed by atoms with E-state index in [9.17, 15) is 9.90 Å². The van der Waals surface area contributed by atoms with Crippen LogP contribution in [-0.2, 0) is 10.3 Å². The maximum Gasteiger partial charge on any atom is 0.331 e. The summed E-state index contributed by atoms with van der Waals surface area (Å²) in [6, 6.07) is 0. The van der Waals surface area contributed by atoms with Crippen LogP contribution >= 0.6 is 0 Å². The molecule has 0 saturated heterocycles. The van der Waals surface area contributed by atoms with Gasteiger partial charge >= 0.3 is 5.97 Å². The lowest BCUT2D eigenvalue weighted by Crippen LogP contribution is -2.41. The van der Waals surface area contributed by atoms with Crippen molar-refractivity contribution in [1.82, 2.24) is 20.2 Å². The smallest absolute Gasteiger partial charge is 0.331 e. The maximum atomic E-state index is 11.4. The highest BCUT2D eigenvalue weighted by atomic mass is 16.4. The Morgan fingerprint density at radius 3 is 2.47 bits per heavy atom. The zero-order valence-corrected chi connectivity index (χ0v) is 11.0. The molecule has 0 spiro atoms. The van der Waals surface area contributed by atoms with Crippen molar-refractivity contribution in [2.45, 2.75) is 52.5 Å². The molecule has 0 aliphatic rings. The second kappa shape index (κ2) is 4.81. The van der Waals surface area contributed by atoms with E-state index in [1.165, 1.54) is 4.68 Å². The molecule has 0 aliphatic heterocycles. The first-order valence-corrected chi connectivity index (χ1v) is 5.86. The van der Waals surface area contributed by atoms with Gasteiger partial charge in [0.2, 0.25) is 0 Å². The van der Waals surface area contributed by atoms with Crippen molar-refractivity contribution in [3.63, 3.8) is 0 Å². The van der Waals surface area contributed by atoms with E-state index in [1.54, 1.807) is 6.92 Å². The van der Waals surface area contributed by atoms with E-state index in [1.807, 2.05) is 13.8 Å². The molecule has 0 radical (unpaired) electrons. The van der Waals surface area contributed by atoms with Crippen molar-refractivity contribution in [2.24, 2.45) is 5.92 Å². The van der Waals surface area contributed by atoms with E-state index in [0.29, 0.717) is 18.2 Å². The van der Waals surface area contributed by atoms with Gasteiger partial charge in [0, 0.05) is 5.92 Å². The molecule has 1 heterocycles. The largest absolute Gasteiger partial charge is 0.479 e.